The number of piperazine rings is 1. The molecule has 0 bridgehead atoms. The molecule has 2 unspecified atom stereocenters. The number of hydrogen-bond acceptors (Lipinski definition) is 4. The molecule has 2 saturated heterocycles. The van der Waals surface area contributed by atoms with E-state index < -0.39 is 0 Å². The topological polar surface area (TPSA) is 53.6 Å². The number of rotatable bonds is 3. The third-order valence-corrected chi connectivity index (χ3v) is 3.74. The van der Waals surface area contributed by atoms with Gasteiger partial charge in [0.15, 0.2) is 0 Å². The highest BCUT2D eigenvalue weighted by atomic mass is 16.6. The van der Waals surface area contributed by atoms with Gasteiger partial charge < -0.3 is 15.4 Å². The number of carbonyl (C=O) groups excluding carboxylic acids is 1. The number of amides is 1. The summed E-state index contributed by atoms with van der Waals surface area (Å²) in [5, 5.41) is 6.11. The molecule has 0 aliphatic carbocycles. The van der Waals surface area contributed by atoms with E-state index >= 15 is 0 Å². The van der Waals surface area contributed by atoms with E-state index in [1.54, 1.807) is 0 Å². The van der Waals surface area contributed by atoms with E-state index in [1.807, 2.05) is 18.2 Å². The highest BCUT2D eigenvalue weighted by molar-refractivity contribution is 5.69. The Labute approximate surface area is 112 Å². The van der Waals surface area contributed by atoms with E-state index in [-0.39, 0.29) is 18.2 Å². The molecule has 102 valence electrons. The Morgan fingerprint density at radius 1 is 1.21 bits per heavy atom. The minimum absolute atomic E-state index is 0.104. The highest BCUT2D eigenvalue weighted by Gasteiger charge is 2.36. The molecule has 2 N–H and O–H groups in total. The van der Waals surface area contributed by atoms with E-state index in [0.717, 1.165) is 26.2 Å². The zero-order valence-corrected chi connectivity index (χ0v) is 10.8. The number of hydrogen-bond donors (Lipinski definition) is 2. The number of cyclic esters (lactones) is 1. The zero-order valence-electron chi connectivity index (χ0n) is 10.8. The average Bonchev–Trinajstić information content (AvgIpc) is 2.88. The van der Waals surface area contributed by atoms with Gasteiger partial charge in [-0.3, -0.25) is 4.90 Å². The van der Waals surface area contributed by atoms with Gasteiger partial charge in [-0.15, -0.1) is 0 Å². The van der Waals surface area contributed by atoms with Crippen molar-refractivity contribution in [2.45, 2.75) is 12.1 Å². The molecule has 2 heterocycles. The Balaban J connectivity index is 1.84. The molecule has 0 radical (unpaired) electrons. The van der Waals surface area contributed by atoms with Crippen LogP contribution < -0.4 is 10.6 Å². The van der Waals surface area contributed by atoms with E-state index in [2.05, 4.69) is 27.7 Å². The molecular weight excluding hydrogens is 242 g/mol. The number of alkyl carbamates (subject to hydrolysis) is 1. The lowest BCUT2D eigenvalue weighted by Crippen LogP contribution is -2.48. The lowest BCUT2D eigenvalue weighted by Gasteiger charge is -2.37. The Morgan fingerprint density at radius 2 is 1.95 bits per heavy atom. The molecule has 2 aliphatic rings. The van der Waals surface area contributed by atoms with Crippen LogP contribution in [0.3, 0.4) is 0 Å². The first-order valence-corrected chi connectivity index (χ1v) is 6.79. The van der Waals surface area contributed by atoms with Crippen LogP contribution in [0.4, 0.5) is 4.79 Å². The van der Waals surface area contributed by atoms with Gasteiger partial charge in [0.2, 0.25) is 0 Å². The number of nitrogens with zero attached hydrogens (tertiary/aromatic N) is 1. The summed E-state index contributed by atoms with van der Waals surface area (Å²) in [7, 11) is 0. The summed E-state index contributed by atoms with van der Waals surface area (Å²) in [6.07, 6.45) is -0.408. The van der Waals surface area contributed by atoms with Crippen LogP contribution in [-0.2, 0) is 4.74 Å². The van der Waals surface area contributed by atoms with E-state index in [4.69, 9.17) is 4.74 Å². The lowest BCUT2D eigenvalue weighted by atomic mass is 9.99. The quantitative estimate of drug-likeness (QED) is 0.843. The molecule has 1 aromatic carbocycles. The Hall–Kier alpha value is -1.59. The van der Waals surface area contributed by atoms with Gasteiger partial charge in [-0.2, -0.15) is 0 Å². The Morgan fingerprint density at radius 3 is 2.58 bits per heavy atom. The summed E-state index contributed by atoms with van der Waals surface area (Å²) in [6, 6.07) is 10.4. The Kier molecular flexibility index (Phi) is 3.66. The third kappa shape index (κ3) is 2.72. The maximum Gasteiger partial charge on any atom is 0.407 e. The molecule has 0 aromatic heterocycles. The summed E-state index contributed by atoms with van der Waals surface area (Å²) < 4.78 is 5.42. The minimum Gasteiger partial charge on any atom is -0.442 e. The Bertz CT molecular complexity index is 432. The number of benzene rings is 1. The molecule has 2 atom stereocenters. The van der Waals surface area contributed by atoms with Crippen molar-refractivity contribution in [2.24, 2.45) is 0 Å². The van der Waals surface area contributed by atoms with Crippen molar-refractivity contribution in [3.05, 3.63) is 35.9 Å². The largest absolute Gasteiger partial charge is 0.442 e. The van der Waals surface area contributed by atoms with Gasteiger partial charge in [-0.25, -0.2) is 4.79 Å². The summed E-state index contributed by atoms with van der Waals surface area (Å²) >= 11 is 0. The molecular formula is C14H19N3O2. The lowest BCUT2D eigenvalue weighted by molar-refractivity contribution is 0.0514. The van der Waals surface area contributed by atoms with Crippen LogP contribution in [-0.4, -0.2) is 49.8 Å². The fourth-order valence-electron chi connectivity index (χ4n) is 2.85. The SMILES string of the molecule is O=C1NCC(C(c2ccccc2)N2CCNCC2)O1. The van der Waals surface area contributed by atoms with Crippen molar-refractivity contribution in [2.75, 3.05) is 32.7 Å². The van der Waals surface area contributed by atoms with E-state index in [1.165, 1.54) is 5.56 Å². The van der Waals surface area contributed by atoms with Crippen molar-refractivity contribution in [3.8, 4) is 0 Å². The zero-order chi connectivity index (χ0) is 13.1. The van der Waals surface area contributed by atoms with Gasteiger partial charge in [0.25, 0.3) is 0 Å². The van der Waals surface area contributed by atoms with Crippen molar-refractivity contribution < 1.29 is 9.53 Å². The predicted octanol–water partition coefficient (Wildman–Crippen LogP) is 0.741. The normalized spacial score (nSPS) is 25.7. The monoisotopic (exact) mass is 261 g/mol. The molecule has 0 saturated carbocycles. The molecule has 2 fully saturated rings. The van der Waals surface area contributed by atoms with E-state index in [9.17, 15) is 4.79 Å². The van der Waals surface area contributed by atoms with Crippen LogP contribution in [0.2, 0.25) is 0 Å². The van der Waals surface area contributed by atoms with Gasteiger partial charge in [0, 0.05) is 26.2 Å². The molecule has 3 rings (SSSR count). The van der Waals surface area contributed by atoms with Gasteiger partial charge in [0.1, 0.15) is 6.10 Å². The maximum absolute atomic E-state index is 11.3. The summed E-state index contributed by atoms with van der Waals surface area (Å²) in [6.45, 7) is 4.51. The maximum atomic E-state index is 11.3. The fourth-order valence-corrected chi connectivity index (χ4v) is 2.85. The second-order valence-electron chi connectivity index (χ2n) is 4.97. The second kappa shape index (κ2) is 5.59. The van der Waals surface area contributed by atoms with Gasteiger partial charge in [-0.05, 0) is 5.56 Å². The van der Waals surface area contributed by atoms with Crippen LogP contribution in [0, 0.1) is 0 Å². The molecule has 5 nitrogen and oxygen atoms in total. The molecule has 5 heteroatoms. The predicted molar refractivity (Wildman–Crippen MR) is 71.9 cm³/mol. The average molecular weight is 261 g/mol. The first kappa shape index (κ1) is 12.4. The van der Waals surface area contributed by atoms with Crippen molar-refractivity contribution in [1.29, 1.82) is 0 Å². The van der Waals surface area contributed by atoms with Crippen LogP contribution in [0.5, 0.6) is 0 Å². The summed E-state index contributed by atoms with van der Waals surface area (Å²) in [5.74, 6) is 0. The summed E-state index contributed by atoms with van der Waals surface area (Å²) in [5.41, 5.74) is 1.21. The third-order valence-electron chi connectivity index (χ3n) is 3.74. The molecule has 1 aromatic rings. The fraction of sp³-hybridized carbons (Fsp3) is 0.500. The number of nitrogens with one attached hydrogen (secondary N) is 2. The van der Waals surface area contributed by atoms with Crippen molar-refractivity contribution in [3.63, 3.8) is 0 Å². The van der Waals surface area contributed by atoms with Crippen LogP contribution >= 0.6 is 0 Å². The molecule has 1 amide bonds. The molecule has 0 spiro atoms. The van der Waals surface area contributed by atoms with E-state index in [0.29, 0.717) is 6.54 Å². The van der Waals surface area contributed by atoms with Gasteiger partial charge in [-0.1, -0.05) is 30.3 Å². The van der Waals surface area contributed by atoms with Crippen LogP contribution in [0.15, 0.2) is 30.3 Å². The molecule has 2 aliphatic heterocycles. The second-order valence-corrected chi connectivity index (χ2v) is 4.97. The number of carbonyl (C=O) groups is 1. The highest BCUT2D eigenvalue weighted by Crippen LogP contribution is 2.28. The minimum atomic E-state index is -0.305. The summed E-state index contributed by atoms with van der Waals surface area (Å²) in [4.78, 5) is 13.7. The van der Waals surface area contributed by atoms with Crippen LogP contribution in [0.1, 0.15) is 11.6 Å². The van der Waals surface area contributed by atoms with Gasteiger partial charge in [0.05, 0.1) is 12.6 Å². The first-order valence-electron chi connectivity index (χ1n) is 6.79. The van der Waals surface area contributed by atoms with Crippen molar-refractivity contribution in [1.82, 2.24) is 15.5 Å². The molecule has 19 heavy (non-hydrogen) atoms. The van der Waals surface area contributed by atoms with Gasteiger partial charge >= 0.3 is 6.09 Å². The first-order chi connectivity index (χ1) is 9.34. The standard InChI is InChI=1S/C14H19N3O2/c18-14-16-10-12(19-14)13(11-4-2-1-3-5-11)17-8-6-15-7-9-17/h1-5,12-13,15H,6-10H2,(H,16,18). The van der Waals surface area contributed by atoms with Crippen molar-refractivity contribution >= 4 is 6.09 Å². The van der Waals surface area contributed by atoms with Crippen LogP contribution in [0.25, 0.3) is 0 Å². The smallest absolute Gasteiger partial charge is 0.407 e. The number of ether oxygens (including phenoxy) is 1.